The van der Waals surface area contributed by atoms with Crippen molar-refractivity contribution in [3.05, 3.63) is 57.1 Å². The molecule has 0 amide bonds. The van der Waals surface area contributed by atoms with Crippen molar-refractivity contribution >= 4 is 11.5 Å². The summed E-state index contributed by atoms with van der Waals surface area (Å²) < 4.78 is 11.0. The number of aliphatic hydroxyl groups excluding tert-OH is 1. The molecule has 0 aromatic heterocycles. The van der Waals surface area contributed by atoms with E-state index in [-0.39, 0.29) is 47.3 Å². The number of phenols is 1. The van der Waals surface area contributed by atoms with E-state index in [0.29, 0.717) is 24.2 Å². The minimum Gasteiger partial charge on any atom is -0.507 e. The van der Waals surface area contributed by atoms with E-state index < -0.39 is 11.0 Å². The van der Waals surface area contributed by atoms with Gasteiger partial charge in [0.15, 0.2) is 11.3 Å². The molecule has 0 fully saturated rings. The average molecular weight is 414 g/mol. The van der Waals surface area contributed by atoms with E-state index in [1.165, 1.54) is 31.2 Å². The van der Waals surface area contributed by atoms with Gasteiger partial charge >= 0.3 is 0 Å². The molecule has 1 atom stereocenters. The van der Waals surface area contributed by atoms with Crippen LogP contribution < -0.4 is 9.47 Å². The number of nitro benzene ring substituents is 1. The van der Waals surface area contributed by atoms with Crippen molar-refractivity contribution in [2.75, 3.05) is 13.2 Å². The first kappa shape index (κ1) is 22.6. The quantitative estimate of drug-likeness (QED) is 0.343. The SMILES string of the molecule is CCCc1c(OCC(O)COc2cccc([N+](=O)[O-])c2C#N)ccc(C(C)=O)c1O. The number of nitro groups is 1. The highest BCUT2D eigenvalue weighted by Gasteiger charge is 2.20. The van der Waals surface area contributed by atoms with Gasteiger partial charge in [0.25, 0.3) is 5.69 Å². The van der Waals surface area contributed by atoms with E-state index in [1.54, 1.807) is 12.1 Å². The van der Waals surface area contributed by atoms with Crippen molar-refractivity contribution < 1.29 is 29.4 Å². The van der Waals surface area contributed by atoms with Gasteiger partial charge in [-0.25, -0.2) is 0 Å². The largest absolute Gasteiger partial charge is 0.507 e. The van der Waals surface area contributed by atoms with Gasteiger partial charge in [0, 0.05) is 11.6 Å². The molecule has 2 rings (SSSR count). The molecule has 0 saturated heterocycles. The number of carbonyl (C=O) groups is 1. The van der Waals surface area contributed by atoms with Gasteiger partial charge in [0.05, 0.1) is 10.5 Å². The molecule has 0 heterocycles. The first-order valence-electron chi connectivity index (χ1n) is 9.27. The van der Waals surface area contributed by atoms with Crippen LogP contribution >= 0.6 is 0 Å². The van der Waals surface area contributed by atoms with Crippen LogP contribution in [-0.4, -0.2) is 40.2 Å². The van der Waals surface area contributed by atoms with E-state index in [9.17, 15) is 25.1 Å². The van der Waals surface area contributed by atoms with E-state index in [1.807, 2.05) is 6.92 Å². The van der Waals surface area contributed by atoms with Crippen LogP contribution in [0, 0.1) is 21.4 Å². The Morgan fingerprint density at radius 2 is 1.90 bits per heavy atom. The second-order valence-electron chi connectivity index (χ2n) is 6.54. The summed E-state index contributed by atoms with van der Waals surface area (Å²) in [7, 11) is 0. The molecule has 0 spiro atoms. The maximum absolute atomic E-state index is 11.6. The number of Topliss-reactive ketones (excluding diaryl/α,β-unsaturated/α-hetero) is 1. The van der Waals surface area contributed by atoms with Crippen LogP contribution in [0.3, 0.4) is 0 Å². The van der Waals surface area contributed by atoms with Crippen LogP contribution in [0.1, 0.15) is 41.8 Å². The number of benzene rings is 2. The van der Waals surface area contributed by atoms with Crippen LogP contribution in [0.25, 0.3) is 0 Å². The van der Waals surface area contributed by atoms with Gasteiger partial charge in [0.1, 0.15) is 42.6 Å². The summed E-state index contributed by atoms with van der Waals surface area (Å²) in [5, 5.41) is 40.7. The minimum atomic E-state index is -1.11. The Balaban J connectivity index is 2.07. The Labute approximate surface area is 173 Å². The maximum Gasteiger partial charge on any atom is 0.290 e. The number of rotatable bonds is 10. The molecule has 0 saturated carbocycles. The van der Waals surface area contributed by atoms with Gasteiger partial charge in [-0.05, 0) is 31.5 Å². The van der Waals surface area contributed by atoms with Crippen LogP contribution in [0.15, 0.2) is 30.3 Å². The lowest BCUT2D eigenvalue weighted by Gasteiger charge is -2.17. The lowest BCUT2D eigenvalue weighted by molar-refractivity contribution is -0.385. The summed E-state index contributed by atoms with van der Waals surface area (Å²) in [6.07, 6.45) is 0.0781. The maximum atomic E-state index is 11.6. The van der Waals surface area contributed by atoms with Crippen LogP contribution in [0.2, 0.25) is 0 Å². The molecule has 2 aromatic carbocycles. The highest BCUT2D eigenvalue weighted by Crippen LogP contribution is 2.33. The molecule has 158 valence electrons. The number of nitriles is 1. The molecular weight excluding hydrogens is 392 g/mol. The molecule has 9 nitrogen and oxygen atoms in total. The summed E-state index contributed by atoms with van der Waals surface area (Å²) in [6.45, 7) is 2.82. The van der Waals surface area contributed by atoms with Gasteiger partial charge in [-0.3, -0.25) is 14.9 Å². The molecule has 30 heavy (non-hydrogen) atoms. The average Bonchev–Trinajstić information content (AvgIpc) is 2.71. The zero-order chi connectivity index (χ0) is 22.3. The fourth-order valence-electron chi connectivity index (χ4n) is 2.85. The zero-order valence-electron chi connectivity index (χ0n) is 16.6. The summed E-state index contributed by atoms with van der Waals surface area (Å²) >= 11 is 0. The molecule has 1 unspecified atom stereocenters. The molecule has 0 aliphatic heterocycles. The number of ether oxygens (including phenoxy) is 2. The van der Waals surface area contributed by atoms with Crippen molar-refractivity contribution in [3.8, 4) is 23.3 Å². The second-order valence-corrected chi connectivity index (χ2v) is 6.54. The van der Waals surface area contributed by atoms with Gasteiger partial charge < -0.3 is 19.7 Å². The van der Waals surface area contributed by atoms with Crippen molar-refractivity contribution in [2.45, 2.75) is 32.8 Å². The molecule has 2 aromatic rings. The summed E-state index contributed by atoms with van der Waals surface area (Å²) in [5.41, 5.74) is 0.0599. The monoisotopic (exact) mass is 414 g/mol. The Hall–Kier alpha value is -3.64. The van der Waals surface area contributed by atoms with Crippen LogP contribution in [0.4, 0.5) is 5.69 Å². The van der Waals surface area contributed by atoms with Crippen LogP contribution in [-0.2, 0) is 6.42 Å². The standard InChI is InChI=1S/C21H22N2O7/c1-3-5-16-20(9-8-15(13(2)24)21(16)26)30-12-14(25)11-29-19-7-4-6-18(23(27)28)17(19)10-22/h4,6-9,14,25-26H,3,5,11-12H2,1-2H3. The normalized spacial score (nSPS) is 11.4. The predicted molar refractivity (Wildman–Crippen MR) is 107 cm³/mol. The highest BCUT2D eigenvalue weighted by molar-refractivity contribution is 5.97. The van der Waals surface area contributed by atoms with Crippen molar-refractivity contribution in [1.82, 2.24) is 0 Å². The third kappa shape index (κ3) is 5.24. The smallest absolute Gasteiger partial charge is 0.290 e. The van der Waals surface area contributed by atoms with Gasteiger partial charge in [0.2, 0.25) is 0 Å². The topological polar surface area (TPSA) is 143 Å². The zero-order valence-corrected chi connectivity index (χ0v) is 16.6. The fraction of sp³-hybridized carbons (Fsp3) is 0.333. The summed E-state index contributed by atoms with van der Waals surface area (Å²) in [6, 6.07) is 8.72. The number of carbonyl (C=O) groups excluding carboxylic acids is 1. The van der Waals surface area contributed by atoms with E-state index in [4.69, 9.17) is 14.7 Å². The lowest BCUT2D eigenvalue weighted by atomic mass is 10.0. The number of ketones is 1. The number of aromatic hydroxyl groups is 1. The molecule has 2 N–H and O–H groups in total. The molecule has 0 radical (unpaired) electrons. The number of phenolic OH excluding ortho intramolecular Hbond substituents is 1. The second kappa shape index (κ2) is 10.2. The van der Waals surface area contributed by atoms with E-state index >= 15 is 0 Å². The summed E-state index contributed by atoms with van der Waals surface area (Å²) in [5.74, 6) is -0.0784. The Bertz CT molecular complexity index is 982. The molecular formula is C21H22N2O7. The third-order valence-corrected chi connectivity index (χ3v) is 4.29. The van der Waals surface area contributed by atoms with Crippen molar-refractivity contribution in [2.24, 2.45) is 0 Å². The van der Waals surface area contributed by atoms with Gasteiger partial charge in [-0.2, -0.15) is 5.26 Å². The Morgan fingerprint density at radius 3 is 2.47 bits per heavy atom. The third-order valence-electron chi connectivity index (χ3n) is 4.29. The van der Waals surface area contributed by atoms with Crippen molar-refractivity contribution in [1.29, 1.82) is 5.26 Å². The number of hydrogen-bond donors (Lipinski definition) is 2. The fourth-order valence-corrected chi connectivity index (χ4v) is 2.85. The van der Waals surface area contributed by atoms with Crippen molar-refractivity contribution in [3.63, 3.8) is 0 Å². The number of nitrogens with zero attached hydrogens (tertiary/aromatic N) is 2. The minimum absolute atomic E-state index is 0.0131. The molecule has 0 aliphatic rings. The molecule has 0 bridgehead atoms. The van der Waals surface area contributed by atoms with Crippen LogP contribution in [0.5, 0.6) is 17.2 Å². The lowest BCUT2D eigenvalue weighted by Crippen LogP contribution is -2.25. The Kier molecular flexibility index (Phi) is 7.72. The number of hydrogen-bond acceptors (Lipinski definition) is 8. The predicted octanol–water partition coefficient (Wildman–Crippen LogP) is 3.15. The summed E-state index contributed by atoms with van der Waals surface area (Å²) in [4.78, 5) is 21.9. The highest BCUT2D eigenvalue weighted by atomic mass is 16.6. The van der Waals surface area contributed by atoms with E-state index in [2.05, 4.69) is 0 Å². The van der Waals surface area contributed by atoms with Gasteiger partial charge in [-0.1, -0.05) is 19.4 Å². The van der Waals surface area contributed by atoms with Gasteiger partial charge in [-0.15, -0.1) is 0 Å². The Morgan fingerprint density at radius 1 is 1.23 bits per heavy atom. The molecule has 0 aliphatic carbocycles. The first-order valence-corrected chi connectivity index (χ1v) is 9.27. The first-order chi connectivity index (χ1) is 14.3. The molecule has 9 heteroatoms. The number of aliphatic hydroxyl groups is 1. The van der Waals surface area contributed by atoms with E-state index in [0.717, 1.165) is 0 Å².